The summed E-state index contributed by atoms with van der Waals surface area (Å²) in [5, 5.41) is 2.79. The molecule has 0 saturated carbocycles. The molecular weight excluding hydrogens is 394 g/mol. The molecule has 0 bridgehead atoms. The lowest BCUT2D eigenvalue weighted by Gasteiger charge is -2.22. The molecule has 7 nitrogen and oxygen atoms in total. The Morgan fingerprint density at radius 2 is 1.94 bits per heavy atom. The van der Waals surface area contributed by atoms with E-state index in [1.165, 1.54) is 10.5 Å². The SMILES string of the molecule is CCCCc1ccc(N2C(=O)C[C@H](N(C)CC(=O)Nc3cccc(OC)c3)C2=O)cc1. The van der Waals surface area contributed by atoms with Gasteiger partial charge >= 0.3 is 0 Å². The van der Waals surface area contributed by atoms with Crippen molar-refractivity contribution in [2.45, 2.75) is 38.6 Å². The van der Waals surface area contributed by atoms with Crippen molar-refractivity contribution in [3.63, 3.8) is 0 Å². The minimum absolute atomic E-state index is 0.00923. The van der Waals surface area contributed by atoms with E-state index in [0.29, 0.717) is 17.1 Å². The zero-order chi connectivity index (χ0) is 22.4. The van der Waals surface area contributed by atoms with Crippen LogP contribution in [-0.2, 0) is 20.8 Å². The molecule has 1 N–H and O–H groups in total. The van der Waals surface area contributed by atoms with Gasteiger partial charge in [-0.25, -0.2) is 4.90 Å². The lowest BCUT2D eigenvalue weighted by atomic mass is 10.1. The highest BCUT2D eigenvalue weighted by molar-refractivity contribution is 6.22. The summed E-state index contributed by atoms with van der Waals surface area (Å²) in [6.07, 6.45) is 3.25. The molecule has 0 aliphatic carbocycles. The number of rotatable bonds is 9. The first kappa shape index (κ1) is 22.5. The van der Waals surface area contributed by atoms with Crippen LogP contribution in [0.25, 0.3) is 0 Å². The highest BCUT2D eigenvalue weighted by Crippen LogP contribution is 2.26. The van der Waals surface area contributed by atoms with Crippen molar-refractivity contribution < 1.29 is 19.1 Å². The van der Waals surface area contributed by atoms with Crippen LogP contribution in [-0.4, -0.2) is 49.4 Å². The van der Waals surface area contributed by atoms with Crippen molar-refractivity contribution in [1.82, 2.24) is 4.90 Å². The Morgan fingerprint density at radius 3 is 2.61 bits per heavy atom. The number of aryl methyl sites for hydroxylation is 1. The van der Waals surface area contributed by atoms with Gasteiger partial charge in [-0.15, -0.1) is 0 Å². The maximum absolute atomic E-state index is 13.0. The zero-order valence-corrected chi connectivity index (χ0v) is 18.3. The molecule has 1 aliphatic heterocycles. The number of anilines is 2. The Labute approximate surface area is 183 Å². The average molecular weight is 424 g/mol. The number of benzene rings is 2. The number of hydrogen-bond donors (Lipinski definition) is 1. The second-order valence-corrected chi connectivity index (χ2v) is 7.75. The summed E-state index contributed by atoms with van der Waals surface area (Å²) >= 11 is 0. The fraction of sp³-hybridized carbons (Fsp3) is 0.375. The van der Waals surface area contributed by atoms with Crippen LogP contribution >= 0.6 is 0 Å². The second kappa shape index (κ2) is 10.2. The number of likely N-dealkylation sites (N-methyl/N-ethyl adjacent to an activating group) is 1. The third-order valence-electron chi connectivity index (χ3n) is 5.41. The quantitative estimate of drug-likeness (QED) is 0.627. The first-order chi connectivity index (χ1) is 14.9. The molecule has 3 amide bonds. The van der Waals surface area contributed by atoms with Crippen molar-refractivity contribution in [3.05, 3.63) is 54.1 Å². The Morgan fingerprint density at radius 1 is 1.19 bits per heavy atom. The van der Waals surface area contributed by atoms with Crippen LogP contribution in [0.2, 0.25) is 0 Å². The number of hydrogen-bond acceptors (Lipinski definition) is 5. The van der Waals surface area contributed by atoms with Gasteiger partial charge in [0.1, 0.15) is 5.75 Å². The van der Waals surface area contributed by atoms with E-state index >= 15 is 0 Å². The van der Waals surface area contributed by atoms with E-state index in [2.05, 4.69) is 12.2 Å². The molecule has 1 atom stereocenters. The number of nitrogens with zero attached hydrogens (tertiary/aromatic N) is 2. The highest BCUT2D eigenvalue weighted by atomic mass is 16.5. The van der Waals surface area contributed by atoms with Crippen LogP contribution in [0.3, 0.4) is 0 Å². The van der Waals surface area contributed by atoms with Crippen molar-refractivity contribution >= 4 is 29.1 Å². The molecule has 0 radical (unpaired) electrons. The maximum atomic E-state index is 13.0. The number of ether oxygens (including phenoxy) is 1. The number of nitrogens with one attached hydrogen (secondary N) is 1. The van der Waals surface area contributed by atoms with Crippen LogP contribution in [0.4, 0.5) is 11.4 Å². The van der Waals surface area contributed by atoms with Gasteiger partial charge in [-0.3, -0.25) is 19.3 Å². The smallest absolute Gasteiger partial charge is 0.251 e. The molecule has 0 aromatic heterocycles. The van der Waals surface area contributed by atoms with E-state index in [0.717, 1.165) is 19.3 Å². The fourth-order valence-corrected chi connectivity index (χ4v) is 3.66. The molecule has 1 heterocycles. The van der Waals surface area contributed by atoms with E-state index in [-0.39, 0.29) is 30.7 Å². The van der Waals surface area contributed by atoms with E-state index in [9.17, 15) is 14.4 Å². The first-order valence-corrected chi connectivity index (χ1v) is 10.5. The van der Waals surface area contributed by atoms with Crippen molar-refractivity contribution in [1.29, 1.82) is 0 Å². The predicted molar refractivity (Wildman–Crippen MR) is 120 cm³/mol. The molecule has 31 heavy (non-hydrogen) atoms. The zero-order valence-electron chi connectivity index (χ0n) is 18.3. The van der Waals surface area contributed by atoms with Gasteiger partial charge in [-0.05, 0) is 49.7 Å². The molecular formula is C24H29N3O4. The molecule has 3 rings (SSSR count). The molecule has 1 fully saturated rings. The third kappa shape index (κ3) is 5.49. The van der Waals surface area contributed by atoms with E-state index in [1.807, 2.05) is 24.3 Å². The maximum Gasteiger partial charge on any atom is 0.251 e. The number of imide groups is 1. The normalized spacial score (nSPS) is 16.1. The molecule has 0 spiro atoms. The van der Waals surface area contributed by atoms with E-state index < -0.39 is 6.04 Å². The fourth-order valence-electron chi connectivity index (χ4n) is 3.66. The summed E-state index contributed by atoms with van der Waals surface area (Å²) in [6.45, 7) is 2.13. The number of amides is 3. The van der Waals surface area contributed by atoms with Gasteiger partial charge in [0.05, 0.1) is 31.8 Å². The Bertz CT molecular complexity index is 942. The summed E-state index contributed by atoms with van der Waals surface area (Å²) in [7, 11) is 3.24. The lowest BCUT2D eigenvalue weighted by molar-refractivity contribution is -0.123. The second-order valence-electron chi connectivity index (χ2n) is 7.75. The highest BCUT2D eigenvalue weighted by Gasteiger charge is 2.42. The molecule has 2 aromatic carbocycles. The van der Waals surface area contributed by atoms with E-state index in [4.69, 9.17) is 4.74 Å². The summed E-state index contributed by atoms with van der Waals surface area (Å²) in [5.41, 5.74) is 2.37. The summed E-state index contributed by atoms with van der Waals surface area (Å²) < 4.78 is 5.16. The summed E-state index contributed by atoms with van der Waals surface area (Å²) in [4.78, 5) is 40.8. The monoisotopic (exact) mass is 423 g/mol. The third-order valence-corrected chi connectivity index (χ3v) is 5.41. The van der Waals surface area contributed by atoms with Gasteiger partial charge in [0, 0.05) is 11.8 Å². The molecule has 1 aliphatic rings. The number of carbonyl (C=O) groups is 3. The minimum Gasteiger partial charge on any atom is -0.497 e. The molecule has 164 valence electrons. The van der Waals surface area contributed by atoms with Crippen LogP contribution in [0.15, 0.2) is 48.5 Å². The summed E-state index contributed by atoms with van der Waals surface area (Å²) in [5.74, 6) is -0.187. The number of methoxy groups -OCH3 is 1. The summed E-state index contributed by atoms with van der Waals surface area (Å²) in [6, 6.07) is 13.9. The predicted octanol–water partition coefficient (Wildman–Crippen LogP) is 3.24. The first-order valence-electron chi connectivity index (χ1n) is 10.5. The van der Waals surface area contributed by atoms with Crippen LogP contribution in [0.5, 0.6) is 5.75 Å². The number of unbranched alkanes of at least 4 members (excludes halogenated alkanes) is 1. The molecule has 2 aromatic rings. The Kier molecular flexibility index (Phi) is 7.41. The van der Waals surface area contributed by atoms with Crippen molar-refractivity contribution in [2.24, 2.45) is 0 Å². The average Bonchev–Trinajstić information content (AvgIpc) is 3.06. The molecule has 7 heteroatoms. The molecule has 0 unspecified atom stereocenters. The molecule has 1 saturated heterocycles. The van der Waals surface area contributed by atoms with Crippen LogP contribution in [0.1, 0.15) is 31.7 Å². The topological polar surface area (TPSA) is 79.0 Å². The van der Waals surface area contributed by atoms with Gasteiger partial charge in [-0.2, -0.15) is 0 Å². The lowest BCUT2D eigenvalue weighted by Crippen LogP contribution is -2.43. The minimum atomic E-state index is -0.664. The van der Waals surface area contributed by atoms with Gasteiger partial charge in [0.25, 0.3) is 5.91 Å². The largest absolute Gasteiger partial charge is 0.497 e. The van der Waals surface area contributed by atoms with Crippen LogP contribution < -0.4 is 15.0 Å². The van der Waals surface area contributed by atoms with Gasteiger partial charge in [0.15, 0.2) is 0 Å². The van der Waals surface area contributed by atoms with Crippen LogP contribution in [0, 0.1) is 0 Å². The standard InChI is InChI=1S/C24H29N3O4/c1-4-5-7-17-10-12-19(13-11-17)27-23(29)15-21(24(27)30)26(2)16-22(28)25-18-8-6-9-20(14-18)31-3/h6,8-14,21H,4-5,7,15-16H2,1-3H3,(H,25,28)/t21-/m0/s1. The number of carbonyl (C=O) groups excluding carboxylic acids is 3. The van der Waals surface area contributed by atoms with Crippen molar-refractivity contribution in [2.75, 3.05) is 30.9 Å². The van der Waals surface area contributed by atoms with Gasteiger partial charge < -0.3 is 10.1 Å². The Hall–Kier alpha value is -3.19. The van der Waals surface area contributed by atoms with Crippen molar-refractivity contribution in [3.8, 4) is 5.75 Å². The van der Waals surface area contributed by atoms with E-state index in [1.54, 1.807) is 43.3 Å². The van der Waals surface area contributed by atoms with Gasteiger partial charge in [0.2, 0.25) is 11.8 Å². The Balaban J connectivity index is 1.62. The van der Waals surface area contributed by atoms with Gasteiger partial charge in [-0.1, -0.05) is 31.5 Å².